The van der Waals surface area contributed by atoms with E-state index in [4.69, 9.17) is 4.74 Å². The fourth-order valence-corrected chi connectivity index (χ4v) is 3.93. The summed E-state index contributed by atoms with van der Waals surface area (Å²) in [7, 11) is 3.45. The molecular formula is C16H25N3O3S. The summed E-state index contributed by atoms with van der Waals surface area (Å²) in [6.45, 7) is 8.03. The van der Waals surface area contributed by atoms with Gasteiger partial charge < -0.3 is 15.0 Å². The number of likely N-dealkylation sites (N-methyl/N-ethyl adjacent to an activating group) is 1. The average Bonchev–Trinajstić information content (AvgIpc) is 2.83. The van der Waals surface area contributed by atoms with Crippen LogP contribution in [0.3, 0.4) is 0 Å². The van der Waals surface area contributed by atoms with Crippen molar-refractivity contribution in [1.29, 1.82) is 0 Å². The van der Waals surface area contributed by atoms with Gasteiger partial charge in [-0.25, -0.2) is 4.79 Å². The molecule has 1 aromatic rings. The van der Waals surface area contributed by atoms with Gasteiger partial charge in [-0.05, 0) is 26.0 Å². The van der Waals surface area contributed by atoms with E-state index in [1.54, 1.807) is 0 Å². The van der Waals surface area contributed by atoms with Crippen LogP contribution in [0, 0.1) is 6.92 Å². The van der Waals surface area contributed by atoms with Gasteiger partial charge in [-0.2, -0.15) is 0 Å². The van der Waals surface area contributed by atoms with Crippen LogP contribution in [-0.4, -0.2) is 68.6 Å². The minimum Gasteiger partial charge on any atom is -0.465 e. The number of nitrogens with zero attached hydrogens (tertiary/aromatic N) is 2. The molecule has 7 heteroatoms. The molecule has 1 aliphatic rings. The molecule has 1 aromatic heterocycles. The summed E-state index contributed by atoms with van der Waals surface area (Å²) in [5.41, 5.74) is 1.46. The Hall–Kier alpha value is -1.44. The number of hydrogen-bond acceptors (Lipinski definition) is 6. The van der Waals surface area contributed by atoms with E-state index < -0.39 is 0 Å². The van der Waals surface area contributed by atoms with Gasteiger partial charge in [-0.3, -0.25) is 9.69 Å². The summed E-state index contributed by atoms with van der Waals surface area (Å²) in [4.78, 5) is 29.8. The maximum atomic E-state index is 12.3. The van der Waals surface area contributed by atoms with Gasteiger partial charge in [-0.1, -0.05) is 6.92 Å². The molecule has 128 valence electrons. The monoisotopic (exact) mass is 339 g/mol. The lowest BCUT2D eigenvalue weighted by molar-refractivity contribution is -0.117. The van der Waals surface area contributed by atoms with Gasteiger partial charge in [0.25, 0.3) is 0 Å². The minimum absolute atomic E-state index is 0.0800. The molecule has 1 fully saturated rings. The molecule has 2 heterocycles. The van der Waals surface area contributed by atoms with Crippen LogP contribution in [0.4, 0.5) is 5.00 Å². The van der Waals surface area contributed by atoms with Crippen molar-refractivity contribution < 1.29 is 14.3 Å². The Bertz CT molecular complexity index is 577. The van der Waals surface area contributed by atoms with Crippen molar-refractivity contribution in [1.82, 2.24) is 9.80 Å². The third kappa shape index (κ3) is 4.31. The van der Waals surface area contributed by atoms with E-state index in [1.807, 2.05) is 13.8 Å². The van der Waals surface area contributed by atoms with Crippen molar-refractivity contribution in [3.05, 3.63) is 16.0 Å². The molecule has 23 heavy (non-hydrogen) atoms. The highest BCUT2D eigenvalue weighted by Crippen LogP contribution is 2.33. The maximum Gasteiger partial charge on any atom is 0.341 e. The van der Waals surface area contributed by atoms with E-state index in [-0.39, 0.29) is 11.9 Å². The molecule has 0 radical (unpaired) electrons. The van der Waals surface area contributed by atoms with E-state index in [0.717, 1.165) is 43.0 Å². The molecule has 0 aromatic carbocycles. The molecule has 0 aliphatic carbocycles. The highest BCUT2D eigenvalue weighted by molar-refractivity contribution is 7.16. The Labute approximate surface area is 141 Å². The SMILES string of the molecule is CCc1c(C)sc(NC(=O)CN2CCN(C)CC2)c1C(=O)OC. The molecule has 1 N–H and O–H groups in total. The number of anilines is 1. The maximum absolute atomic E-state index is 12.3. The quantitative estimate of drug-likeness (QED) is 0.826. The average molecular weight is 339 g/mol. The molecule has 0 atom stereocenters. The van der Waals surface area contributed by atoms with Gasteiger partial charge in [0.15, 0.2) is 0 Å². The van der Waals surface area contributed by atoms with Crippen molar-refractivity contribution in [2.45, 2.75) is 20.3 Å². The Kier molecular flexibility index (Phi) is 6.15. The fourth-order valence-electron chi connectivity index (χ4n) is 2.79. The zero-order chi connectivity index (χ0) is 17.0. The zero-order valence-electron chi connectivity index (χ0n) is 14.3. The normalized spacial score (nSPS) is 16.3. The minimum atomic E-state index is -0.388. The molecule has 6 nitrogen and oxygen atoms in total. The molecule has 2 rings (SSSR count). The third-order valence-electron chi connectivity index (χ3n) is 4.17. The summed E-state index contributed by atoms with van der Waals surface area (Å²) in [6, 6.07) is 0. The Balaban J connectivity index is 2.07. The zero-order valence-corrected chi connectivity index (χ0v) is 15.1. The van der Waals surface area contributed by atoms with Crippen LogP contribution in [0.5, 0.6) is 0 Å². The van der Waals surface area contributed by atoms with Crippen LogP contribution in [0.1, 0.15) is 27.7 Å². The number of amides is 1. The van der Waals surface area contributed by atoms with Crippen molar-refractivity contribution in [3.8, 4) is 0 Å². The topological polar surface area (TPSA) is 61.9 Å². The van der Waals surface area contributed by atoms with E-state index in [2.05, 4.69) is 22.2 Å². The summed E-state index contributed by atoms with van der Waals surface area (Å²) in [5, 5.41) is 3.51. The number of methoxy groups -OCH3 is 1. The van der Waals surface area contributed by atoms with Crippen LogP contribution in [0.2, 0.25) is 0 Å². The van der Waals surface area contributed by atoms with Crippen LogP contribution < -0.4 is 5.32 Å². The van der Waals surface area contributed by atoms with Crippen LogP contribution in [0.25, 0.3) is 0 Å². The van der Waals surface area contributed by atoms with Gasteiger partial charge in [0.2, 0.25) is 5.91 Å². The fraction of sp³-hybridized carbons (Fsp3) is 0.625. The number of rotatable bonds is 5. The summed E-state index contributed by atoms with van der Waals surface area (Å²) in [5.74, 6) is -0.468. The molecule has 1 aliphatic heterocycles. The summed E-state index contributed by atoms with van der Waals surface area (Å²) < 4.78 is 4.88. The van der Waals surface area contributed by atoms with Gasteiger partial charge in [-0.15, -0.1) is 11.3 Å². The lowest BCUT2D eigenvalue weighted by Gasteiger charge is -2.31. The lowest BCUT2D eigenvalue weighted by atomic mass is 10.1. The number of nitrogens with one attached hydrogen (secondary N) is 1. The number of carbonyl (C=O) groups is 2. The van der Waals surface area contributed by atoms with Crippen molar-refractivity contribution >= 4 is 28.2 Å². The highest BCUT2D eigenvalue weighted by Gasteiger charge is 2.24. The standard InChI is InChI=1S/C16H25N3O3S/c1-5-12-11(2)23-15(14(12)16(21)22-4)17-13(20)10-19-8-6-18(3)7-9-19/h5-10H2,1-4H3,(H,17,20). The first-order valence-electron chi connectivity index (χ1n) is 7.87. The molecular weight excluding hydrogens is 314 g/mol. The first-order chi connectivity index (χ1) is 11.0. The molecule has 0 bridgehead atoms. The smallest absolute Gasteiger partial charge is 0.341 e. The van der Waals surface area contributed by atoms with E-state index in [1.165, 1.54) is 18.4 Å². The number of hydrogen-bond donors (Lipinski definition) is 1. The largest absolute Gasteiger partial charge is 0.465 e. The molecule has 1 saturated heterocycles. The van der Waals surface area contributed by atoms with E-state index in [9.17, 15) is 9.59 Å². The van der Waals surface area contributed by atoms with Crippen molar-refractivity contribution in [2.24, 2.45) is 0 Å². The Morgan fingerprint density at radius 3 is 2.48 bits per heavy atom. The predicted molar refractivity (Wildman–Crippen MR) is 92.3 cm³/mol. The number of carbonyl (C=O) groups excluding carboxylic acids is 2. The predicted octanol–water partition coefficient (Wildman–Crippen LogP) is 1.59. The van der Waals surface area contributed by atoms with Crippen LogP contribution in [0.15, 0.2) is 0 Å². The second-order valence-corrected chi connectivity index (χ2v) is 7.04. The Morgan fingerprint density at radius 1 is 1.26 bits per heavy atom. The second-order valence-electron chi connectivity index (χ2n) is 5.81. The first-order valence-corrected chi connectivity index (χ1v) is 8.69. The number of ether oxygens (including phenoxy) is 1. The van der Waals surface area contributed by atoms with E-state index >= 15 is 0 Å². The second kappa shape index (κ2) is 7.90. The van der Waals surface area contributed by atoms with Crippen LogP contribution >= 0.6 is 11.3 Å². The van der Waals surface area contributed by atoms with Gasteiger partial charge in [0, 0.05) is 31.1 Å². The molecule has 1 amide bonds. The summed E-state index contributed by atoms with van der Waals surface area (Å²) >= 11 is 1.44. The Morgan fingerprint density at radius 2 is 1.91 bits per heavy atom. The summed E-state index contributed by atoms with van der Waals surface area (Å²) in [6.07, 6.45) is 0.737. The number of aryl methyl sites for hydroxylation is 1. The number of esters is 1. The highest BCUT2D eigenvalue weighted by atomic mass is 32.1. The van der Waals surface area contributed by atoms with Gasteiger partial charge in [0.05, 0.1) is 19.2 Å². The van der Waals surface area contributed by atoms with Crippen molar-refractivity contribution in [2.75, 3.05) is 52.2 Å². The molecule has 0 spiro atoms. The van der Waals surface area contributed by atoms with Crippen molar-refractivity contribution in [3.63, 3.8) is 0 Å². The molecule has 0 saturated carbocycles. The van der Waals surface area contributed by atoms with Crippen LogP contribution in [-0.2, 0) is 16.0 Å². The third-order valence-corrected chi connectivity index (χ3v) is 5.23. The number of piperazine rings is 1. The lowest BCUT2D eigenvalue weighted by Crippen LogP contribution is -2.47. The van der Waals surface area contributed by atoms with Gasteiger partial charge in [0.1, 0.15) is 5.00 Å². The van der Waals surface area contributed by atoms with Gasteiger partial charge >= 0.3 is 5.97 Å². The van der Waals surface area contributed by atoms with E-state index in [0.29, 0.717) is 17.1 Å². The molecule has 0 unspecified atom stereocenters. The number of thiophene rings is 1. The first kappa shape index (κ1) is 17.9.